The van der Waals surface area contributed by atoms with E-state index in [1.807, 2.05) is 0 Å². The summed E-state index contributed by atoms with van der Waals surface area (Å²) in [7, 11) is -3.91. The molecule has 2 rings (SSSR count). The summed E-state index contributed by atoms with van der Waals surface area (Å²) < 4.78 is 51.0. The molecule has 0 bridgehead atoms. The van der Waals surface area contributed by atoms with Crippen molar-refractivity contribution in [3.05, 3.63) is 29.3 Å². The van der Waals surface area contributed by atoms with Crippen LogP contribution in [0.15, 0.2) is 17.0 Å². The molecule has 0 aliphatic heterocycles. The molecule has 0 saturated heterocycles. The predicted molar refractivity (Wildman–Crippen MR) is 71.9 cm³/mol. The van der Waals surface area contributed by atoms with Gasteiger partial charge in [-0.15, -0.1) is 0 Å². The maximum atomic E-state index is 14.3. The molecule has 0 amide bonds. The second-order valence-electron chi connectivity index (χ2n) is 5.46. The summed E-state index contributed by atoms with van der Waals surface area (Å²) >= 11 is 0. The highest BCUT2D eigenvalue weighted by Crippen LogP contribution is 2.42. The van der Waals surface area contributed by atoms with Gasteiger partial charge in [0, 0.05) is 11.8 Å². The van der Waals surface area contributed by atoms with E-state index in [0.29, 0.717) is 12.8 Å². The second kappa shape index (κ2) is 5.36. The normalized spacial score (nSPS) is 18.4. The molecular formula is C14H16F2O4S. The molecule has 0 radical (unpaired) electrons. The Hall–Kier alpha value is -1.50. The van der Waals surface area contributed by atoms with Gasteiger partial charge in [-0.25, -0.2) is 17.2 Å². The number of sulfone groups is 1. The van der Waals surface area contributed by atoms with Crippen LogP contribution in [0, 0.1) is 11.6 Å². The van der Waals surface area contributed by atoms with E-state index in [1.54, 1.807) is 0 Å². The fourth-order valence-corrected chi connectivity index (χ4v) is 3.67. The average molecular weight is 318 g/mol. The van der Waals surface area contributed by atoms with Crippen LogP contribution in [0.5, 0.6) is 0 Å². The van der Waals surface area contributed by atoms with Crippen molar-refractivity contribution in [2.45, 2.75) is 42.4 Å². The smallest absolute Gasteiger partial charge is 0.314 e. The second-order valence-corrected chi connectivity index (χ2v) is 7.44. The number of carboxylic acids is 1. The zero-order valence-electron chi connectivity index (χ0n) is 11.5. The van der Waals surface area contributed by atoms with E-state index in [4.69, 9.17) is 0 Å². The Morgan fingerprint density at radius 1 is 1.14 bits per heavy atom. The van der Waals surface area contributed by atoms with Gasteiger partial charge in [0.1, 0.15) is 4.90 Å². The van der Waals surface area contributed by atoms with Crippen LogP contribution in [0.1, 0.15) is 37.7 Å². The van der Waals surface area contributed by atoms with Crippen molar-refractivity contribution < 1.29 is 27.1 Å². The van der Waals surface area contributed by atoms with Crippen molar-refractivity contribution in [3.63, 3.8) is 0 Å². The fraction of sp³-hybridized carbons (Fsp3) is 0.500. The third kappa shape index (κ3) is 2.66. The zero-order valence-corrected chi connectivity index (χ0v) is 12.3. The number of aliphatic carboxylic acids is 1. The topological polar surface area (TPSA) is 71.4 Å². The lowest BCUT2D eigenvalue weighted by molar-refractivity contribution is -0.145. The van der Waals surface area contributed by atoms with Crippen molar-refractivity contribution in [3.8, 4) is 0 Å². The highest BCUT2D eigenvalue weighted by atomic mass is 32.2. The molecule has 1 aromatic carbocycles. The van der Waals surface area contributed by atoms with Gasteiger partial charge in [-0.05, 0) is 18.9 Å². The standard InChI is InChI=1S/C14H16F2O4S/c1-21(19,20)10-6-5-9(11(15)12(10)16)14(13(17)18)7-3-2-4-8-14/h5-6H,2-4,7-8H2,1H3,(H,17,18). The number of carbonyl (C=O) groups is 1. The van der Waals surface area contributed by atoms with E-state index in [9.17, 15) is 27.1 Å². The molecule has 7 heteroatoms. The Labute approximate surface area is 121 Å². The lowest BCUT2D eigenvalue weighted by atomic mass is 9.69. The summed E-state index contributed by atoms with van der Waals surface area (Å²) in [6, 6.07) is 2.04. The van der Waals surface area contributed by atoms with E-state index in [0.717, 1.165) is 24.8 Å². The minimum absolute atomic E-state index is 0.219. The number of hydrogen-bond acceptors (Lipinski definition) is 3. The largest absolute Gasteiger partial charge is 0.481 e. The van der Waals surface area contributed by atoms with Gasteiger partial charge in [0.25, 0.3) is 0 Å². The van der Waals surface area contributed by atoms with Gasteiger partial charge in [0.05, 0.1) is 5.41 Å². The number of hydrogen-bond donors (Lipinski definition) is 1. The van der Waals surface area contributed by atoms with Crippen LogP contribution in [0.3, 0.4) is 0 Å². The summed E-state index contributed by atoms with van der Waals surface area (Å²) in [4.78, 5) is 10.9. The van der Waals surface area contributed by atoms with Crippen molar-refractivity contribution in [1.82, 2.24) is 0 Å². The van der Waals surface area contributed by atoms with Crippen LogP contribution in [0.2, 0.25) is 0 Å². The van der Waals surface area contributed by atoms with Crippen molar-refractivity contribution in [1.29, 1.82) is 0 Å². The summed E-state index contributed by atoms with van der Waals surface area (Å²) in [5.74, 6) is -4.07. The molecule has 1 aromatic rings. The van der Waals surface area contributed by atoms with Gasteiger partial charge in [0.2, 0.25) is 0 Å². The Morgan fingerprint density at radius 2 is 1.71 bits per heavy atom. The molecule has 0 aromatic heterocycles. The molecule has 0 spiro atoms. The molecule has 0 unspecified atom stereocenters. The predicted octanol–water partition coefficient (Wildman–Crippen LogP) is 2.65. The molecule has 4 nitrogen and oxygen atoms in total. The maximum Gasteiger partial charge on any atom is 0.314 e. The number of rotatable bonds is 3. The van der Waals surface area contributed by atoms with Crippen molar-refractivity contribution >= 4 is 15.8 Å². The van der Waals surface area contributed by atoms with E-state index in [1.165, 1.54) is 0 Å². The first-order chi connectivity index (χ1) is 9.70. The quantitative estimate of drug-likeness (QED) is 0.930. The first-order valence-electron chi connectivity index (χ1n) is 6.62. The molecule has 0 heterocycles. The SMILES string of the molecule is CS(=O)(=O)c1ccc(C2(C(=O)O)CCCCC2)c(F)c1F. The third-order valence-corrected chi connectivity index (χ3v) is 5.19. The van der Waals surface area contributed by atoms with Crippen LogP contribution < -0.4 is 0 Å². The van der Waals surface area contributed by atoms with E-state index in [2.05, 4.69) is 0 Å². The summed E-state index contributed by atoms with van der Waals surface area (Å²) in [6.45, 7) is 0. The zero-order chi connectivity index (χ0) is 15.8. The van der Waals surface area contributed by atoms with Gasteiger partial charge in [-0.3, -0.25) is 4.79 Å². The van der Waals surface area contributed by atoms with Gasteiger partial charge in [-0.2, -0.15) is 0 Å². The molecule has 21 heavy (non-hydrogen) atoms. The van der Waals surface area contributed by atoms with Crippen LogP contribution >= 0.6 is 0 Å². The number of halogens is 2. The minimum atomic E-state index is -3.91. The molecular weight excluding hydrogens is 302 g/mol. The number of benzene rings is 1. The van der Waals surface area contributed by atoms with Gasteiger partial charge < -0.3 is 5.11 Å². The van der Waals surface area contributed by atoms with Crippen LogP contribution in [0.4, 0.5) is 8.78 Å². The lowest BCUT2D eigenvalue weighted by Gasteiger charge is -2.34. The van der Waals surface area contributed by atoms with Gasteiger partial charge >= 0.3 is 5.97 Å². The number of carboxylic acid groups (broad SMARTS) is 1. The van der Waals surface area contributed by atoms with Crippen molar-refractivity contribution in [2.75, 3.05) is 6.26 Å². The third-order valence-electron chi connectivity index (χ3n) is 4.08. The van der Waals surface area contributed by atoms with Crippen LogP contribution in [-0.2, 0) is 20.0 Å². The molecule has 1 saturated carbocycles. The average Bonchev–Trinajstić information content (AvgIpc) is 2.41. The van der Waals surface area contributed by atoms with Gasteiger partial charge in [-0.1, -0.05) is 25.3 Å². The Morgan fingerprint density at radius 3 is 2.19 bits per heavy atom. The monoisotopic (exact) mass is 318 g/mol. The Kier molecular flexibility index (Phi) is 4.06. The molecule has 1 aliphatic rings. The van der Waals surface area contributed by atoms with Crippen LogP contribution in [-0.4, -0.2) is 25.7 Å². The lowest BCUT2D eigenvalue weighted by Crippen LogP contribution is -2.39. The molecule has 1 fully saturated rings. The van der Waals surface area contributed by atoms with E-state index < -0.39 is 37.8 Å². The van der Waals surface area contributed by atoms with Gasteiger partial charge in [0.15, 0.2) is 21.5 Å². The van der Waals surface area contributed by atoms with Crippen LogP contribution in [0.25, 0.3) is 0 Å². The minimum Gasteiger partial charge on any atom is -0.481 e. The van der Waals surface area contributed by atoms with Crippen molar-refractivity contribution in [2.24, 2.45) is 0 Å². The summed E-state index contributed by atoms with van der Waals surface area (Å²) in [5.41, 5.74) is -1.74. The van der Waals surface area contributed by atoms with E-state index >= 15 is 0 Å². The fourth-order valence-electron chi connectivity index (χ4n) is 2.94. The molecule has 1 N–H and O–H groups in total. The highest BCUT2D eigenvalue weighted by molar-refractivity contribution is 7.90. The first-order valence-corrected chi connectivity index (χ1v) is 8.51. The first kappa shape index (κ1) is 15.9. The summed E-state index contributed by atoms with van der Waals surface area (Å²) in [5, 5.41) is 9.48. The van der Waals surface area contributed by atoms with E-state index in [-0.39, 0.29) is 18.4 Å². The highest BCUT2D eigenvalue weighted by Gasteiger charge is 2.44. The molecule has 116 valence electrons. The molecule has 0 atom stereocenters. The molecule has 1 aliphatic carbocycles. The Bertz CT molecular complexity index is 676. The maximum absolute atomic E-state index is 14.3. The Balaban J connectivity index is 2.64. The summed E-state index contributed by atoms with van der Waals surface area (Å²) in [6.07, 6.45) is 3.29.